The number of piperazine rings is 1. The third-order valence-electron chi connectivity index (χ3n) is 6.39. The highest BCUT2D eigenvalue weighted by atomic mass is 16.2. The fourth-order valence-corrected chi connectivity index (χ4v) is 4.53. The molecule has 10 nitrogen and oxygen atoms in total. The van der Waals surface area contributed by atoms with Crippen LogP contribution in [-0.2, 0) is 9.59 Å². The molecule has 1 aliphatic rings. The van der Waals surface area contributed by atoms with Crippen molar-refractivity contribution in [3.8, 4) is 5.69 Å². The lowest BCUT2D eigenvalue weighted by Crippen LogP contribution is -2.53. The van der Waals surface area contributed by atoms with Crippen molar-refractivity contribution in [2.75, 3.05) is 35.2 Å². The Kier molecular flexibility index (Phi) is 6.55. The van der Waals surface area contributed by atoms with Gasteiger partial charge in [0.05, 0.1) is 11.9 Å². The molecule has 0 bridgehead atoms. The van der Waals surface area contributed by atoms with Crippen molar-refractivity contribution in [3.63, 3.8) is 0 Å². The molecule has 3 heterocycles. The van der Waals surface area contributed by atoms with Gasteiger partial charge in [0.1, 0.15) is 11.8 Å². The smallest absolute Gasteiger partial charge is 0.247 e. The number of hydrogen-bond donors (Lipinski definition) is 2. The first-order chi connectivity index (χ1) is 17.9. The first-order valence-electron chi connectivity index (χ1n) is 12.0. The Morgan fingerprint density at radius 2 is 1.86 bits per heavy atom. The molecule has 2 aromatic carbocycles. The zero-order chi connectivity index (χ0) is 25.9. The van der Waals surface area contributed by atoms with E-state index in [2.05, 4.69) is 56.1 Å². The van der Waals surface area contributed by atoms with Crippen LogP contribution in [0.5, 0.6) is 0 Å². The SMILES string of the molecule is C=CC(=O)Nc1cccc(-n2cnc3cnc(Nc4ccc(N5CCN(C(C)=O)C(C)C5)cc4)nc32)c1. The van der Waals surface area contributed by atoms with Crippen LogP contribution in [0.4, 0.5) is 23.0 Å². The fourth-order valence-electron chi connectivity index (χ4n) is 4.53. The molecule has 2 amide bonds. The molecule has 0 aliphatic carbocycles. The van der Waals surface area contributed by atoms with E-state index >= 15 is 0 Å². The van der Waals surface area contributed by atoms with Gasteiger partial charge in [-0.1, -0.05) is 12.6 Å². The van der Waals surface area contributed by atoms with Crippen molar-refractivity contribution >= 4 is 46.0 Å². The van der Waals surface area contributed by atoms with E-state index in [0.717, 1.165) is 36.7 Å². The van der Waals surface area contributed by atoms with E-state index in [4.69, 9.17) is 0 Å². The topological polar surface area (TPSA) is 108 Å². The van der Waals surface area contributed by atoms with Gasteiger partial charge in [-0.3, -0.25) is 14.2 Å². The van der Waals surface area contributed by atoms with Crippen molar-refractivity contribution in [1.29, 1.82) is 0 Å². The van der Waals surface area contributed by atoms with Gasteiger partial charge in [0.2, 0.25) is 17.8 Å². The highest BCUT2D eigenvalue weighted by Crippen LogP contribution is 2.24. The highest BCUT2D eigenvalue weighted by molar-refractivity contribution is 5.99. The quantitative estimate of drug-likeness (QED) is 0.392. The van der Waals surface area contributed by atoms with Gasteiger partial charge in [0.15, 0.2) is 5.65 Å². The number of hydrogen-bond acceptors (Lipinski definition) is 7. The van der Waals surface area contributed by atoms with Gasteiger partial charge in [-0.05, 0) is 55.5 Å². The molecule has 188 valence electrons. The summed E-state index contributed by atoms with van der Waals surface area (Å²) in [7, 11) is 0. The van der Waals surface area contributed by atoms with E-state index in [-0.39, 0.29) is 17.9 Å². The first kappa shape index (κ1) is 24.0. The second kappa shape index (κ2) is 10.1. The van der Waals surface area contributed by atoms with Crippen LogP contribution in [0.3, 0.4) is 0 Å². The number of amides is 2. The summed E-state index contributed by atoms with van der Waals surface area (Å²) in [6, 6.07) is 15.7. The second-order valence-corrected chi connectivity index (χ2v) is 8.94. The van der Waals surface area contributed by atoms with Crippen molar-refractivity contribution < 1.29 is 9.59 Å². The third kappa shape index (κ3) is 5.13. The standard InChI is InChI=1S/C27H28N8O2/c1-4-25(37)30-21-6-5-7-23(14-21)35-17-29-24-15-28-27(32-26(24)35)31-20-8-10-22(11-9-20)33-12-13-34(19(3)36)18(2)16-33/h4-11,14-15,17-18H,1,12-13,16H2,2-3H3,(H,30,37)(H,28,31,32). The molecular weight excluding hydrogens is 468 g/mol. The number of carbonyl (C=O) groups is 2. The van der Waals surface area contributed by atoms with Gasteiger partial charge in [-0.15, -0.1) is 0 Å². The Balaban J connectivity index is 1.32. The second-order valence-electron chi connectivity index (χ2n) is 8.94. The number of aromatic nitrogens is 4. The number of nitrogens with one attached hydrogen (secondary N) is 2. The monoisotopic (exact) mass is 496 g/mol. The van der Waals surface area contributed by atoms with Gasteiger partial charge in [0.25, 0.3) is 0 Å². The normalized spacial score (nSPS) is 15.5. The van der Waals surface area contributed by atoms with E-state index in [0.29, 0.717) is 22.8 Å². The van der Waals surface area contributed by atoms with Crippen LogP contribution in [0, 0.1) is 0 Å². The molecule has 2 N–H and O–H groups in total. The lowest BCUT2D eigenvalue weighted by atomic mass is 10.1. The lowest BCUT2D eigenvalue weighted by molar-refractivity contribution is -0.131. The molecule has 1 fully saturated rings. The molecule has 0 saturated carbocycles. The molecule has 10 heteroatoms. The zero-order valence-electron chi connectivity index (χ0n) is 20.8. The van der Waals surface area contributed by atoms with Crippen molar-refractivity contribution in [2.24, 2.45) is 0 Å². The molecule has 1 unspecified atom stereocenters. The number of imidazole rings is 1. The van der Waals surface area contributed by atoms with Crippen LogP contribution in [0.2, 0.25) is 0 Å². The Morgan fingerprint density at radius 3 is 2.59 bits per heavy atom. The minimum Gasteiger partial charge on any atom is -0.368 e. The third-order valence-corrected chi connectivity index (χ3v) is 6.39. The van der Waals surface area contributed by atoms with E-state index in [1.165, 1.54) is 6.08 Å². The van der Waals surface area contributed by atoms with E-state index in [1.54, 1.807) is 25.5 Å². The molecule has 1 atom stereocenters. The average Bonchev–Trinajstić information content (AvgIpc) is 3.32. The van der Waals surface area contributed by atoms with Crippen molar-refractivity contribution in [1.82, 2.24) is 24.4 Å². The maximum Gasteiger partial charge on any atom is 0.247 e. The summed E-state index contributed by atoms with van der Waals surface area (Å²) in [6.07, 6.45) is 4.58. The Morgan fingerprint density at radius 1 is 1.05 bits per heavy atom. The summed E-state index contributed by atoms with van der Waals surface area (Å²) in [5.41, 5.74) is 4.71. The molecule has 5 rings (SSSR count). The summed E-state index contributed by atoms with van der Waals surface area (Å²) in [6.45, 7) is 9.52. The van der Waals surface area contributed by atoms with Gasteiger partial charge < -0.3 is 20.4 Å². The molecule has 4 aromatic rings. The number of anilines is 4. The molecule has 1 saturated heterocycles. The predicted molar refractivity (Wildman–Crippen MR) is 144 cm³/mol. The molecule has 1 aliphatic heterocycles. The summed E-state index contributed by atoms with van der Waals surface area (Å²) in [5, 5.41) is 6.03. The average molecular weight is 497 g/mol. The van der Waals surface area contributed by atoms with Crippen LogP contribution < -0.4 is 15.5 Å². The predicted octanol–water partition coefficient (Wildman–Crippen LogP) is 3.74. The summed E-state index contributed by atoms with van der Waals surface area (Å²) in [4.78, 5) is 41.2. The molecule has 2 aromatic heterocycles. The number of fused-ring (bicyclic) bond motifs is 1. The lowest BCUT2D eigenvalue weighted by Gasteiger charge is -2.40. The maximum absolute atomic E-state index is 11.8. The van der Waals surface area contributed by atoms with E-state index in [1.807, 2.05) is 39.8 Å². The molecule has 0 radical (unpaired) electrons. The number of benzene rings is 2. The van der Waals surface area contributed by atoms with Crippen LogP contribution in [-0.4, -0.2) is 61.9 Å². The molecular formula is C27H28N8O2. The Labute approximate surface area is 214 Å². The van der Waals surface area contributed by atoms with Gasteiger partial charge in [-0.2, -0.15) is 4.98 Å². The van der Waals surface area contributed by atoms with Gasteiger partial charge in [-0.25, -0.2) is 9.97 Å². The minimum atomic E-state index is -0.277. The van der Waals surface area contributed by atoms with E-state index < -0.39 is 0 Å². The largest absolute Gasteiger partial charge is 0.368 e. The number of carbonyl (C=O) groups excluding carboxylic acids is 2. The Bertz CT molecular complexity index is 1460. The first-order valence-corrected chi connectivity index (χ1v) is 12.0. The van der Waals surface area contributed by atoms with Gasteiger partial charge in [0, 0.05) is 49.7 Å². The number of nitrogens with zero attached hydrogens (tertiary/aromatic N) is 6. The number of rotatable bonds is 6. The summed E-state index contributed by atoms with van der Waals surface area (Å²) in [5.74, 6) is 0.291. The van der Waals surface area contributed by atoms with Crippen molar-refractivity contribution in [3.05, 3.63) is 73.7 Å². The van der Waals surface area contributed by atoms with Crippen LogP contribution in [0.25, 0.3) is 16.9 Å². The minimum absolute atomic E-state index is 0.122. The zero-order valence-corrected chi connectivity index (χ0v) is 20.8. The van der Waals surface area contributed by atoms with Gasteiger partial charge >= 0.3 is 0 Å². The van der Waals surface area contributed by atoms with Crippen LogP contribution in [0.15, 0.2) is 73.7 Å². The molecule has 37 heavy (non-hydrogen) atoms. The van der Waals surface area contributed by atoms with Crippen molar-refractivity contribution in [2.45, 2.75) is 19.9 Å². The Hall–Kier alpha value is -4.73. The summed E-state index contributed by atoms with van der Waals surface area (Å²) < 4.78 is 1.84. The fraction of sp³-hybridized carbons (Fsp3) is 0.222. The van der Waals surface area contributed by atoms with Crippen LogP contribution in [0.1, 0.15) is 13.8 Å². The molecule has 0 spiro atoms. The van der Waals surface area contributed by atoms with Crippen LogP contribution >= 0.6 is 0 Å². The highest BCUT2D eigenvalue weighted by Gasteiger charge is 2.25. The maximum atomic E-state index is 11.8. The van der Waals surface area contributed by atoms with E-state index in [9.17, 15) is 9.59 Å². The summed E-state index contributed by atoms with van der Waals surface area (Å²) >= 11 is 0.